The van der Waals surface area contributed by atoms with Crippen LogP contribution in [0.3, 0.4) is 0 Å². The Morgan fingerprint density at radius 1 is 1.33 bits per heavy atom. The van der Waals surface area contributed by atoms with E-state index in [0.717, 1.165) is 23.5 Å². The van der Waals surface area contributed by atoms with Crippen molar-refractivity contribution in [2.45, 2.75) is 32.9 Å². The Bertz CT molecular complexity index is 482. The summed E-state index contributed by atoms with van der Waals surface area (Å²) in [7, 11) is 0. The van der Waals surface area contributed by atoms with Gasteiger partial charge in [0.2, 0.25) is 5.91 Å². The van der Waals surface area contributed by atoms with Crippen molar-refractivity contribution in [3.05, 3.63) is 23.8 Å². The number of fused-ring (bicyclic) bond motifs is 1. The van der Waals surface area contributed by atoms with E-state index < -0.39 is 6.04 Å². The van der Waals surface area contributed by atoms with Crippen molar-refractivity contribution < 1.29 is 14.3 Å². The number of carbonyl (C=O) groups is 1. The summed E-state index contributed by atoms with van der Waals surface area (Å²) in [5.74, 6) is 1.54. The minimum absolute atomic E-state index is 0. The second kappa shape index (κ2) is 8.10. The third-order valence-electron chi connectivity index (χ3n) is 3.63. The molecule has 5 nitrogen and oxygen atoms in total. The number of amides is 1. The quantitative estimate of drug-likeness (QED) is 0.870. The molecule has 0 saturated carbocycles. The van der Waals surface area contributed by atoms with Crippen LogP contribution in [0.2, 0.25) is 0 Å². The number of carbonyl (C=O) groups excluding carboxylic acids is 1. The molecule has 2 unspecified atom stereocenters. The molecule has 0 fully saturated rings. The molecule has 3 N–H and O–H groups in total. The molecule has 1 aromatic rings. The minimum Gasteiger partial charge on any atom is -0.486 e. The molecule has 0 spiro atoms. The summed E-state index contributed by atoms with van der Waals surface area (Å²) >= 11 is 0. The van der Waals surface area contributed by atoms with Gasteiger partial charge in [-0.25, -0.2) is 0 Å². The van der Waals surface area contributed by atoms with Crippen LogP contribution in [0.5, 0.6) is 11.5 Å². The summed E-state index contributed by atoms with van der Waals surface area (Å²) in [6.45, 7) is 5.58. The maximum absolute atomic E-state index is 11.9. The molecular weight excluding hydrogens is 292 g/mol. The van der Waals surface area contributed by atoms with Gasteiger partial charge in [0.15, 0.2) is 11.5 Å². The highest BCUT2D eigenvalue weighted by atomic mass is 35.5. The third-order valence-corrected chi connectivity index (χ3v) is 3.63. The SMILES string of the molecule is CCC(C)C(N)C(=O)NCc1ccc2c(c1)OCCO2.Cl. The van der Waals surface area contributed by atoms with Gasteiger partial charge in [0.05, 0.1) is 6.04 Å². The first-order valence-electron chi connectivity index (χ1n) is 7.03. The van der Waals surface area contributed by atoms with Gasteiger partial charge in [-0.2, -0.15) is 0 Å². The molecule has 2 rings (SSSR count). The molecule has 1 amide bonds. The second-order valence-electron chi connectivity index (χ2n) is 5.11. The number of hydrogen-bond acceptors (Lipinski definition) is 4. The Morgan fingerprint density at radius 2 is 2.00 bits per heavy atom. The highest BCUT2D eigenvalue weighted by Crippen LogP contribution is 2.30. The standard InChI is InChI=1S/C15H22N2O3.ClH/c1-3-10(2)14(16)15(18)17-9-11-4-5-12-13(8-11)20-7-6-19-12;/h4-5,8,10,14H,3,6-7,9,16H2,1-2H3,(H,17,18);1H. The first-order valence-corrected chi connectivity index (χ1v) is 7.03. The van der Waals surface area contributed by atoms with Crippen molar-refractivity contribution in [3.63, 3.8) is 0 Å². The van der Waals surface area contributed by atoms with Crippen LogP contribution in [0.15, 0.2) is 18.2 Å². The number of ether oxygens (including phenoxy) is 2. The van der Waals surface area contributed by atoms with E-state index in [-0.39, 0.29) is 24.2 Å². The lowest BCUT2D eigenvalue weighted by Gasteiger charge is -2.20. The van der Waals surface area contributed by atoms with Gasteiger partial charge in [-0.15, -0.1) is 12.4 Å². The van der Waals surface area contributed by atoms with Crippen LogP contribution in [0.1, 0.15) is 25.8 Å². The Labute approximate surface area is 131 Å². The van der Waals surface area contributed by atoms with Gasteiger partial charge in [-0.3, -0.25) is 4.79 Å². The topological polar surface area (TPSA) is 73.6 Å². The molecule has 1 aliphatic rings. The molecule has 0 saturated heterocycles. The van der Waals surface area contributed by atoms with Crippen LogP contribution in [-0.2, 0) is 11.3 Å². The van der Waals surface area contributed by atoms with E-state index in [0.29, 0.717) is 19.8 Å². The van der Waals surface area contributed by atoms with Crippen molar-refractivity contribution in [1.29, 1.82) is 0 Å². The molecule has 118 valence electrons. The van der Waals surface area contributed by atoms with Crippen LogP contribution in [0, 0.1) is 5.92 Å². The Hall–Kier alpha value is -1.46. The van der Waals surface area contributed by atoms with Gasteiger partial charge in [-0.05, 0) is 23.6 Å². The second-order valence-corrected chi connectivity index (χ2v) is 5.11. The van der Waals surface area contributed by atoms with E-state index in [2.05, 4.69) is 5.32 Å². The summed E-state index contributed by atoms with van der Waals surface area (Å²) in [4.78, 5) is 11.9. The highest BCUT2D eigenvalue weighted by molar-refractivity contribution is 5.85. The van der Waals surface area contributed by atoms with Crippen LogP contribution < -0.4 is 20.5 Å². The monoisotopic (exact) mass is 314 g/mol. The van der Waals surface area contributed by atoms with E-state index in [1.807, 2.05) is 32.0 Å². The lowest BCUT2D eigenvalue weighted by atomic mass is 9.99. The third kappa shape index (κ3) is 4.51. The van der Waals surface area contributed by atoms with E-state index in [4.69, 9.17) is 15.2 Å². The van der Waals surface area contributed by atoms with E-state index >= 15 is 0 Å². The van der Waals surface area contributed by atoms with Crippen LogP contribution in [-0.4, -0.2) is 25.2 Å². The number of hydrogen-bond donors (Lipinski definition) is 2. The molecule has 2 atom stereocenters. The fourth-order valence-electron chi connectivity index (χ4n) is 2.02. The van der Waals surface area contributed by atoms with Gasteiger partial charge in [-0.1, -0.05) is 26.3 Å². The molecule has 1 aromatic carbocycles. The largest absolute Gasteiger partial charge is 0.486 e. The van der Waals surface area contributed by atoms with E-state index in [1.54, 1.807) is 0 Å². The summed E-state index contributed by atoms with van der Waals surface area (Å²) in [6.07, 6.45) is 0.888. The Kier molecular flexibility index (Phi) is 6.78. The predicted octanol–water partition coefficient (Wildman–Crippen LogP) is 1.87. The van der Waals surface area contributed by atoms with E-state index in [9.17, 15) is 4.79 Å². The first-order chi connectivity index (χ1) is 9.61. The normalized spacial score (nSPS) is 15.6. The zero-order valence-corrected chi connectivity index (χ0v) is 13.2. The highest BCUT2D eigenvalue weighted by Gasteiger charge is 2.19. The molecule has 0 bridgehead atoms. The van der Waals surface area contributed by atoms with Gasteiger partial charge in [0.1, 0.15) is 13.2 Å². The fourth-order valence-corrected chi connectivity index (χ4v) is 2.02. The van der Waals surface area contributed by atoms with Gasteiger partial charge < -0.3 is 20.5 Å². The maximum atomic E-state index is 11.9. The summed E-state index contributed by atoms with van der Waals surface area (Å²) in [6, 6.07) is 5.22. The van der Waals surface area contributed by atoms with Crippen molar-refractivity contribution in [1.82, 2.24) is 5.32 Å². The molecule has 0 aromatic heterocycles. The van der Waals surface area contributed by atoms with Gasteiger partial charge >= 0.3 is 0 Å². The van der Waals surface area contributed by atoms with Crippen LogP contribution in [0.25, 0.3) is 0 Å². The van der Waals surface area contributed by atoms with E-state index in [1.165, 1.54) is 0 Å². The summed E-state index contributed by atoms with van der Waals surface area (Å²) in [5.41, 5.74) is 6.86. The molecule has 21 heavy (non-hydrogen) atoms. The molecule has 1 aliphatic heterocycles. The average molecular weight is 315 g/mol. The molecule has 0 aliphatic carbocycles. The van der Waals surface area contributed by atoms with Crippen molar-refractivity contribution in [3.8, 4) is 11.5 Å². The zero-order chi connectivity index (χ0) is 14.5. The van der Waals surface area contributed by atoms with Crippen molar-refractivity contribution >= 4 is 18.3 Å². The maximum Gasteiger partial charge on any atom is 0.237 e. The Morgan fingerprint density at radius 3 is 2.67 bits per heavy atom. The summed E-state index contributed by atoms with van der Waals surface area (Å²) < 4.78 is 11.0. The van der Waals surface area contributed by atoms with Crippen LogP contribution >= 0.6 is 12.4 Å². The number of benzene rings is 1. The predicted molar refractivity (Wildman–Crippen MR) is 84.0 cm³/mol. The number of rotatable bonds is 5. The summed E-state index contributed by atoms with van der Waals surface area (Å²) in [5, 5.41) is 2.86. The number of halogens is 1. The molecule has 6 heteroatoms. The minimum atomic E-state index is -0.461. The lowest BCUT2D eigenvalue weighted by molar-refractivity contribution is -0.123. The van der Waals surface area contributed by atoms with Crippen molar-refractivity contribution in [2.24, 2.45) is 11.7 Å². The van der Waals surface area contributed by atoms with Gasteiger partial charge in [0, 0.05) is 6.54 Å². The van der Waals surface area contributed by atoms with Crippen LogP contribution in [0.4, 0.5) is 0 Å². The average Bonchev–Trinajstić information content (AvgIpc) is 2.50. The van der Waals surface area contributed by atoms with Gasteiger partial charge in [0.25, 0.3) is 0 Å². The number of nitrogens with one attached hydrogen (secondary N) is 1. The van der Waals surface area contributed by atoms with Crippen molar-refractivity contribution in [2.75, 3.05) is 13.2 Å². The number of nitrogens with two attached hydrogens (primary N) is 1. The molecule has 1 heterocycles. The first kappa shape index (κ1) is 17.6. The Balaban J connectivity index is 0.00000220. The zero-order valence-electron chi connectivity index (χ0n) is 12.4. The smallest absolute Gasteiger partial charge is 0.237 e. The molecule has 0 radical (unpaired) electrons. The fraction of sp³-hybridized carbons (Fsp3) is 0.533. The molecular formula is C15H23ClN2O3. The lowest BCUT2D eigenvalue weighted by Crippen LogP contribution is -2.44.